The van der Waals surface area contributed by atoms with Crippen LogP contribution in [0.5, 0.6) is 5.75 Å². The molecule has 2 aliphatic heterocycles. The van der Waals surface area contributed by atoms with Crippen molar-refractivity contribution < 1.29 is 14.3 Å². The zero-order chi connectivity index (χ0) is 25.9. The van der Waals surface area contributed by atoms with Gasteiger partial charge in [0.2, 0.25) is 0 Å². The SMILES string of the molecule is CCN(CC)C(=O)c1ccc(C2=CC3(CCNCC3)Oc3ccc(C(=O)CCC(C)(C)C)cc32)cc1. The maximum absolute atomic E-state index is 13.0. The number of nitrogens with one attached hydrogen (secondary N) is 1. The van der Waals surface area contributed by atoms with Gasteiger partial charge in [-0.3, -0.25) is 9.59 Å². The van der Waals surface area contributed by atoms with E-state index in [0.717, 1.165) is 60.4 Å². The van der Waals surface area contributed by atoms with Gasteiger partial charge in [0.05, 0.1) is 0 Å². The van der Waals surface area contributed by atoms with E-state index in [1.54, 1.807) is 0 Å². The van der Waals surface area contributed by atoms with Crippen molar-refractivity contribution in [3.63, 3.8) is 0 Å². The zero-order valence-corrected chi connectivity index (χ0v) is 22.4. The Morgan fingerprint density at radius 1 is 0.972 bits per heavy atom. The normalized spacial score (nSPS) is 16.6. The molecule has 192 valence electrons. The second-order valence-electron chi connectivity index (χ2n) is 11.2. The predicted octanol–water partition coefficient (Wildman–Crippen LogP) is 6.12. The van der Waals surface area contributed by atoms with E-state index in [-0.39, 0.29) is 22.7 Å². The first-order chi connectivity index (χ1) is 17.1. The van der Waals surface area contributed by atoms with Crippen LogP contribution in [0.2, 0.25) is 0 Å². The number of hydrogen-bond acceptors (Lipinski definition) is 4. The molecule has 0 aliphatic carbocycles. The zero-order valence-electron chi connectivity index (χ0n) is 22.4. The van der Waals surface area contributed by atoms with Crippen LogP contribution < -0.4 is 10.1 Å². The highest BCUT2D eigenvalue weighted by molar-refractivity contribution is 5.99. The average Bonchev–Trinajstić information content (AvgIpc) is 2.87. The molecule has 2 aromatic carbocycles. The first-order valence-electron chi connectivity index (χ1n) is 13.3. The van der Waals surface area contributed by atoms with Gasteiger partial charge >= 0.3 is 0 Å². The molecule has 0 saturated carbocycles. The summed E-state index contributed by atoms with van der Waals surface area (Å²) in [6.07, 6.45) is 5.41. The number of carbonyl (C=O) groups is 2. The second-order valence-corrected chi connectivity index (χ2v) is 11.2. The second kappa shape index (κ2) is 10.6. The Morgan fingerprint density at radius 3 is 2.22 bits per heavy atom. The molecule has 1 amide bonds. The summed E-state index contributed by atoms with van der Waals surface area (Å²) in [5.41, 5.74) is 4.23. The number of ether oxygens (including phenoxy) is 1. The third-order valence-corrected chi connectivity index (χ3v) is 7.36. The molecule has 1 saturated heterocycles. The molecule has 2 aliphatic rings. The molecular formula is C31H40N2O3. The van der Waals surface area contributed by atoms with Crippen molar-refractivity contribution in [2.75, 3.05) is 26.2 Å². The quantitative estimate of drug-likeness (QED) is 0.477. The number of rotatable bonds is 7. The van der Waals surface area contributed by atoms with Crippen LogP contribution in [-0.2, 0) is 0 Å². The number of benzene rings is 2. The van der Waals surface area contributed by atoms with Gasteiger partial charge in [0, 0.05) is 49.0 Å². The molecule has 5 nitrogen and oxygen atoms in total. The molecule has 2 aromatic rings. The number of piperidine rings is 1. The summed E-state index contributed by atoms with van der Waals surface area (Å²) in [4.78, 5) is 27.7. The summed E-state index contributed by atoms with van der Waals surface area (Å²) in [6.45, 7) is 13.7. The van der Waals surface area contributed by atoms with Gasteiger partial charge in [-0.1, -0.05) is 32.9 Å². The number of Topliss-reactive ketones (excluding diaryl/α,β-unsaturated/α-hetero) is 1. The monoisotopic (exact) mass is 488 g/mol. The van der Waals surface area contributed by atoms with Gasteiger partial charge in [-0.2, -0.15) is 0 Å². The molecule has 1 fully saturated rings. The van der Waals surface area contributed by atoms with Crippen molar-refractivity contribution in [2.24, 2.45) is 5.41 Å². The fourth-order valence-corrected chi connectivity index (χ4v) is 5.05. The highest BCUT2D eigenvalue weighted by Gasteiger charge is 2.37. The fraction of sp³-hybridized carbons (Fsp3) is 0.484. The number of carbonyl (C=O) groups excluding carboxylic acids is 2. The predicted molar refractivity (Wildman–Crippen MR) is 146 cm³/mol. The standard InChI is InChI=1S/C31H40N2O3/c1-6-33(7-2)29(35)23-10-8-22(9-11-23)26-21-31(16-18-32-19-17-31)36-28-13-12-24(20-25(26)28)27(34)14-15-30(3,4)5/h8-13,20-21,32H,6-7,14-19H2,1-5H3. The Labute approximate surface area is 215 Å². The van der Waals surface area contributed by atoms with Crippen molar-refractivity contribution in [3.8, 4) is 5.75 Å². The highest BCUT2D eigenvalue weighted by atomic mass is 16.5. The van der Waals surface area contributed by atoms with E-state index >= 15 is 0 Å². The Morgan fingerprint density at radius 2 is 1.61 bits per heavy atom. The molecule has 4 rings (SSSR count). The van der Waals surface area contributed by atoms with E-state index in [1.807, 2.05) is 61.2 Å². The van der Waals surface area contributed by atoms with E-state index in [9.17, 15) is 9.59 Å². The molecular weight excluding hydrogens is 448 g/mol. The van der Waals surface area contributed by atoms with Crippen LogP contribution in [-0.4, -0.2) is 48.4 Å². The van der Waals surface area contributed by atoms with Crippen LogP contribution in [0.4, 0.5) is 0 Å². The maximum atomic E-state index is 13.0. The molecule has 0 aromatic heterocycles. The highest BCUT2D eigenvalue weighted by Crippen LogP contribution is 2.43. The van der Waals surface area contributed by atoms with Crippen LogP contribution in [0.1, 0.15) is 92.1 Å². The lowest BCUT2D eigenvalue weighted by atomic mass is 9.82. The first-order valence-corrected chi connectivity index (χ1v) is 13.3. The van der Waals surface area contributed by atoms with Gasteiger partial charge in [-0.05, 0) is 86.3 Å². The Balaban J connectivity index is 1.70. The van der Waals surface area contributed by atoms with Gasteiger partial charge in [0.1, 0.15) is 11.4 Å². The molecule has 0 unspecified atom stereocenters. The van der Waals surface area contributed by atoms with E-state index < -0.39 is 0 Å². The van der Waals surface area contributed by atoms with Gasteiger partial charge in [-0.25, -0.2) is 0 Å². The lowest BCUT2D eigenvalue weighted by molar-refractivity contribution is 0.0772. The molecule has 0 radical (unpaired) electrons. The molecule has 1 N–H and O–H groups in total. The molecule has 2 heterocycles. The number of ketones is 1. The van der Waals surface area contributed by atoms with Crippen LogP contribution >= 0.6 is 0 Å². The first kappa shape index (κ1) is 26.2. The van der Waals surface area contributed by atoms with Crippen LogP contribution in [0, 0.1) is 5.41 Å². The third kappa shape index (κ3) is 5.73. The van der Waals surface area contributed by atoms with Gasteiger partial charge in [0.25, 0.3) is 5.91 Å². The van der Waals surface area contributed by atoms with Crippen molar-refractivity contribution in [1.29, 1.82) is 0 Å². The Bertz CT molecular complexity index is 1130. The number of hydrogen-bond donors (Lipinski definition) is 1. The summed E-state index contributed by atoms with van der Waals surface area (Å²) in [5.74, 6) is 1.04. The fourth-order valence-electron chi connectivity index (χ4n) is 5.05. The molecule has 1 spiro atoms. The van der Waals surface area contributed by atoms with Gasteiger partial charge in [-0.15, -0.1) is 0 Å². The number of fused-ring (bicyclic) bond motifs is 1. The summed E-state index contributed by atoms with van der Waals surface area (Å²) >= 11 is 0. The molecule has 0 bridgehead atoms. The van der Waals surface area contributed by atoms with Crippen LogP contribution in [0.15, 0.2) is 48.5 Å². The molecule has 5 heteroatoms. The van der Waals surface area contributed by atoms with E-state index in [0.29, 0.717) is 25.1 Å². The van der Waals surface area contributed by atoms with Crippen molar-refractivity contribution in [3.05, 3.63) is 70.8 Å². The van der Waals surface area contributed by atoms with Crippen molar-refractivity contribution in [1.82, 2.24) is 10.2 Å². The van der Waals surface area contributed by atoms with Crippen molar-refractivity contribution >= 4 is 17.3 Å². The van der Waals surface area contributed by atoms with Gasteiger partial charge in [0.15, 0.2) is 5.78 Å². The Kier molecular flexibility index (Phi) is 7.70. The number of nitrogens with zero attached hydrogens (tertiary/aromatic N) is 1. The number of amides is 1. The smallest absolute Gasteiger partial charge is 0.253 e. The van der Waals surface area contributed by atoms with E-state index in [1.165, 1.54) is 0 Å². The maximum Gasteiger partial charge on any atom is 0.253 e. The summed E-state index contributed by atoms with van der Waals surface area (Å²) in [7, 11) is 0. The molecule has 0 atom stereocenters. The minimum atomic E-state index is -0.360. The third-order valence-electron chi connectivity index (χ3n) is 7.36. The largest absolute Gasteiger partial charge is 0.482 e. The van der Waals surface area contributed by atoms with Gasteiger partial charge < -0.3 is 15.0 Å². The topological polar surface area (TPSA) is 58.6 Å². The van der Waals surface area contributed by atoms with E-state index in [4.69, 9.17) is 4.74 Å². The summed E-state index contributed by atoms with van der Waals surface area (Å²) < 4.78 is 6.60. The van der Waals surface area contributed by atoms with Crippen LogP contribution in [0.3, 0.4) is 0 Å². The lowest BCUT2D eigenvalue weighted by Crippen LogP contribution is -2.46. The summed E-state index contributed by atoms with van der Waals surface area (Å²) in [5, 5.41) is 3.43. The summed E-state index contributed by atoms with van der Waals surface area (Å²) in [6, 6.07) is 13.8. The average molecular weight is 489 g/mol. The minimum Gasteiger partial charge on any atom is -0.482 e. The van der Waals surface area contributed by atoms with Crippen molar-refractivity contribution in [2.45, 2.75) is 65.9 Å². The lowest BCUT2D eigenvalue weighted by Gasteiger charge is -2.40. The Hall–Kier alpha value is -2.92. The van der Waals surface area contributed by atoms with E-state index in [2.05, 4.69) is 32.2 Å². The van der Waals surface area contributed by atoms with Crippen LogP contribution in [0.25, 0.3) is 5.57 Å². The molecule has 36 heavy (non-hydrogen) atoms. The minimum absolute atomic E-state index is 0.0504.